The molecule has 2 heteroatoms. The van der Waals surface area contributed by atoms with Crippen molar-refractivity contribution in [2.24, 2.45) is 0 Å². The molecular formula is C17H27NO. The topological polar surface area (TPSA) is 12.5 Å². The second-order valence-electron chi connectivity index (χ2n) is 5.96. The number of ether oxygens (including phenoxy) is 1. The molecule has 1 unspecified atom stereocenters. The van der Waals surface area contributed by atoms with Gasteiger partial charge >= 0.3 is 0 Å². The first kappa shape index (κ1) is 14.4. The van der Waals surface area contributed by atoms with Crippen molar-refractivity contribution in [2.45, 2.75) is 44.4 Å². The van der Waals surface area contributed by atoms with E-state index >= 15 is 0 Å². The molecule has 1 aromatic rings. The standard InChI is InChI=1S/C17H27NO/c1-4-10-17(11-5-6-12-18(2)14-17)15-8-7-9-16(13-15)19-3/h7-9,13H,4-6,10-12,14H2,1-3H3. The SMILES string of the molecule is CCCC1(c2cccc(OC)c2)CCCCN(C)C1. The van der Waals surface area contributed by atoms with Crippen molar-refractivity contribution >= 4 is 0 Å². The lowest BCUT2D eigenvalue weighted by Crippen LogP contribution is -2.37. The number of hydrogen-bond donors (Lipinski definition) is 0. The summed E-state index contributed by atoms with van der Waals surface area (Å²) in [7, 11) is 4.01. The van der Waals surface area contributed by atoms with Crippen LogP contribution in [-0.2, 0) is 5.41 Å². The van der Waals surface area contributed by atoms with E-state index in [-0.39, 0.29) is 0 Å². The number of rotatable bonds is 4. The predicted molar refractivity (Wildman–Crippen MR) is 80.9 cm³/mol. The summed E-state index contributed by atoms with van der Waals surface area (Å²) in [4.78, 5) is 2.50. The highest BCUT2D eigenvalue weighted by molar-refractivity contribution is 5.34. The second-order valence-corrected chi connectivity index (χ2v) is 5.96. The summed E-state index contributed by atoms with van der Waals surface area (Å²) < 4.78 is 5.41. The van der Waals surface area contributed by atoms with E-state index in [1.807, 2.05) is 6.07 Å². The Morgan fingerprint density at radius 3 is 2.89 bits per heavy atom. The van der Waals surface area contributed by atoms with Gasteiger partial charge in [0, 0.05) is 12.0 Å². The average Bonchev–Trinajstić information content (AvgIpc) is 2.62. The molecule has 0 saturated carbocycles. The molecule has 1 atom stereocenters. The van der Waals surface area contributed by atoms with Crippen LogP contribution in [0.2, 0.25) is 0 Å². The Kier molecular flexibility index (Phi) is 4.87. The van der Waals surface area contributed by atoms with E-state index in [2.05, 4.69) is 37.1 Å². The highest BCUT2D eigenvalue weighted by Crippen LogP contribution is 2.38. The lowest BCUT2D eigenvalue weighted by atomic mass is 9.73. The number of likely N-dealkylation sites (tertiary alicyclic amines) is 1. The monoisotopic (exact) mass is 261 g/mol. The number of benzene rings is 1. The molecule has 0 bridgehead atoms. The van der Waals surface area contributed by atoms with E-state index in [0.29, 0.717) is 5.41 Å². The molecule has 0 amide bonds. The Hall–Kier alpha value is -1.02. The number of hydrogen-bond acceptors (Lipinski definition) is 2. The third-order valence-electron chi connectivity index (χ3n) is 4.43. The zero-order valence-electron chi connectivity index (χ0n) is 12.6. The van der Waals surface area contributed by atoms with Gasteiger partial charge in [-0.1, -0.05) is 31.9 Å². The van der Waals surface area contributed by atoms with Crippen molar-refractivity contribution in [3.63, 3.8) is 0 Å². The first-order chi connectivity index (χ1) is 9.20. The van der Waals surface area contributed by atoms with Gasteiger partial charge < -0.3 is 9.64 Å². The van der Waals surface area contributed by atoms with Crippen LogP contribution in [0.15, 0.2) is 24.3 Å². The van der Waals surface area contributed by atoms with Gasteiger partial charge in [0.1, 0.15) is 5.75 Å². The summed E-state index contributed by atoms with van der Waals surface area (Å²) in [5.74, 6) is 0.986. The van der Waals surface area contributed by atoms with Crippen LogP contribution < -0.4 is 4.74 Å². The first-order valence-corrected chi connectivity index (χ1v) is 7.53. The Morgan fingerprint density at radius 1 is 1.32 bits per heavy atom. The number of nitrogens with zero attached hydrogens (tertiary/aromatic N) is 1. The van der Waals surface area contributed by atoms with Crippen molar-refractivity contribution in [1.82, 2.24) is 4.90 Å². The van der Waals surface area contributed by atoms with Gasteiger partial charge in [-0.15, -0.1) is 0 Å². The van der Waals surface area contributed by atoms with Crippen LogP contribution in [-0.4, -0.2) is 32.1 Å². The van der Waals surface area contributed by atoms with Crippen LogP contribution >= 0.6 is 0 Å². The molecule has 1 aliphatic heterocycles. The minimum absolute atomic E-state index is 0.314. The molecule has 106 valence electrons. The minimum atomic E-state index is 0.314. The molecule has 1 fully saturated rings. The number of methoxy groups -OCH3 is 1. The molecule has 0 aromatic heterocycles. The zero-order valence-corrected chi connectivity index (χ0v) is 12.6. The van der Waals surface area contributed by atoms with E-state index in [1.165, 1.54) is 50.8 Å². The molecule has 19 heavy (non-hydrogen) atoms. The molecule has 1 saturated heterocycles. The van der Waals surface area contributed by atoms with Gasteiger partial charge in [-0.2, -0.15) is 0 Å². The summed E-state index contributed by atoms with van der Waals surface area (Å²) in [5, 5.41) is 0. The highest BCUT2D eigenvalue weighted by Gasteiger charge is 2.34. The van der Waals surface area contributed by atoms with Gasteiger partial charge in [-0.05, 0) is 50.6 Å². The zero-order chi connectivity index (χ0) is 13.7. The van der Waals surface area contributed by atoms with Gasteiger partial charge in [0.25, 0.3) is 0 Å². The predicted octanol–water partition coefficient (Wildman–Crippen LogP) is 3.85. The van der Waals surface area contributed by atoms with Crippen molar-refractivity contribution in [3.05, 3.63) is 29.8 Å². The van der Waals surface area contributed by atoms with Crippen molar-refractivity contribution < 1.29 is 4.74 Å². The van der Waals surface area contributed by atoms with Crippen molar-refractivity contribution in [2.75, 3.05) is 27.2 Å². The van der Waals surface area contributed by atoms with E-state index < -0.39 is 0 Å². The van der Waals surface area contributed by atoms with E-state index in [1.54, 1.807) is 7.11 Å². The molecule has 2 nitrogen and oxygen atoms in total. The van der Waals surface area contributed by atoms with Gasteiger partial charge in [0.15, 0.2) is 0 Å². The quantitative estimate of drug-likeness (QED) is 0.816. The summed E-state index contributed by atoms with van der Waals surface area (Å²) in [6.07, 6.45) is 6.47. The molecule has 0 N–H and O–H groups in total. The molecule has 2 rings (SSSR count). The Labute approximate surface area is 117 Å². The summed E-state index contributed by atoms with van der Waals surface area (Å²) in [5.41, 5.74) is 1.77. The molecule has 1 aromatic carbocycles. The third-order valence-corrected chi connectivity index (χ3v) is 4.43. The molecule has 0 spiro atoms. The number of likely N-dealkylation sites (N-methyl/N-ethyl adjacent to an activating group) is 1. The van der Waals surface area contributed by atoms with Crippen LogP contribution in [0.1, 0.15) is 44.6 Å². The second kappa shape index (κ2) is 6.42. The Morgan fingerprint density at radius 2 is 2.16 bits per heavy atom. The molecular weight excluding hydrogens is 234 g/mol. The maximum atomic E-state index is 5.41. The van der Waals surface area contributed by atoms with Crippen LogP contribution in [0, 0.1) is 0 Å². The van der Waals surface area contributed by atoms with Crippen LogP contribution in [0.5, 0.6) is 5.75 Å². The normalized spacial score (nSPS) is 25.0. The fourth-order valence-corrected chi connectivity index (χ4v) is 3.54. The van der Waals surface area contributed by atoms with E-state index in [9.17, 15) is 0 Å². The smallest absolute Gasteiger partial charge is 0.119 e. The fourth-order valence-electron chi connectivity index (χ4n) is 3.54. The Balaban J connectivity index is 2.35. The van der Waals surface area contributed by atoms with Crippen LogP contribution in [0.3, 0.4) is 0 Å². The first-order valence-electron chi connectivity index (χ1n) is 7.53. The van der Waals surface area contributed by atoms with E-state index in [0.717, 1.165) is 5.75 Å². The minimum Gasteiger partial charge on any atom is -0.497 e. The van der Waals surface area contributed by atoms with Crippen molar-refractivity contribution in [1.29, 1.82) is 0 Å². The van der Waals surface area contributed by atoms with Crippen LogP contribution in [0.25, 0.3) is 0 Å². The van der Waals surface area contributed by atoms with Crippen molar-refractivity contribution in [3.8, 4) is 5.75 Å². The third kappa shape index (κ3) is 3.30. The van der Waals surface area contributed by atoms with Gasteiger partial charge in [-0.25, -0.2) is 0 Å². The largest absolute Gasteiger partial charge is 0.497 e. The summed E-state index contributed by atoms with van der Waals surface area (Å²) in [6, 6.07) is 8.71. The summed E-state index contributed by atoms with van der Waals surface area (Å²) >= 11 is 0. The lowest BCUT2D eigenvalue weighted by molar-refractivity contribution is 0.248. The lowest BCUT2D eigenvalue weighted by Gasteiger charge is -2.36. The maximum Gasteiger partial charge on any atom is 0.119 e. The highest BCUT2D eigenvalue weighted by atomic mass is 16.5. The van der Waals surface area contributed by atoms with Crippen LogP contribution in [0.4, 0.5) is 0 Å². The molecule has 1 aliphatic rings. The van der Waals surface area contributed by atoms with Gasteiger partial charge in [0.05, 0.1) is 7.11 Å². The Bertz CT molecular complexity index is 404. The van der Waals surface area contributed by atoms with E-state index in [4.69, 9.17) is 4.74 Å². The molecule has 1 heterocycles. The van der Waals surface area contributed by atoms with Gasteiger partial charge in [0.2, 0.25) is 0 Å². The maximum absolute atomic E-state index is 5.41. The average molecular weight is 261 g/mol. The summed E-state index contributed by atoms with van der Waals surface area (Å²) in [6.45, 7) is 4.70. The van der Waals surface area contributed by atoms with Gasteiger partial charge in [-0.3, -0.25) is 0 Å². The fraction of sp³-hybridized carbons (Fsp3) is 0.647. The molecule has 0 radical (unpaired) electrons. The molecule has 0 aliphatic carbocycles.